The van der Waals surface area contributed by atoms with Crippen LogP contribution in [-0.4, -0.2) is 27.3 Å². The molecule has 0 amide bonds. The topological polar surface area (TPSA) is 27.7 Å². The average Bonchev–Trinajstić information content (AvgIpc) is 2.72. The van der Waals surface area contributed by atoms with Gasteiger partial charge in [-0.2, -0.15) is 0 Å². The largest absolute Gasteiger partial charge is 0.331 e. The minimum Gasteiger partial charge on any atom is -0.331 e. The van der Waals surface area contributed by atoms with Gasteiger partial charge in [0.2, 0.25) is 0 Å². The first kappa shape index (κ1) is 25.1. The predicted molar refractivity (Wildman–Crippen MR) is 114 cm³/mol. The maximum Gasteiger partial charge on any atom is 0.285 e. The molecule has 0 aliphatic heterocycles. The molecule has 1 rings (SSSR count). The standard InChI is InChI=1S/C24H41FO3/c1-5-6-7-8-9-12-15-22(24(26-2,27-3)28-4)16-13-10-11-14-21-17-19-23(25)20-18-21/h17-20,22H,5-16H2,1-4H3. The van der Waals surface area contributed by atoms with Gasteiger partial charge >= 0.3 is 0 Å². The van der Waals surface area contributed by atoms with E-state index in [0.717, 1.165) is 38.5 Å². The summed E-state index contributed by atoms with van der Waals surface area (Å²) in [6, 6.07) is 6.83. The van der Waals surface area contributed by atoms with Crippen LogP contribution in [0.15, 0.2) is 24.3 Å². The first-order chi connectivity index (χ1) is 13.6. The molecule has 0 saturated carbocycles. The minimum absolute atomic E-state index is 0.170. The normalized spacial score (nSPS) is 13.0. The second-order valence-corrected chi connectivity index (χ2v) is 7.70. The molecule has 0 fully saturated rings. The number of hydrogen-bond donors (Lipinski definition) is 0. The van der Waals surface area contributed by atoms with Crippen molar-refractivity contribution in [2.45, 2.75) is 89.9 Å². The van der Waals surface area contributed by atoms with E-state index >= 15 is 0 Å². The second kappa shape index (κ2) is 14.9. The van der Waals surface area contributed by atoms with Crippen molar-refractivity contribution in [1.29, 1.82) is 0 Å². The fourth-order valence-electron chi connectivity index (χ4n) is 3.97. The molecule has 0 bridgehead atoms. The van der Waals surface area contributed by atoms with E-state index in [1.165, 1.54) is 56.2 Å². The zero-order valence-corrected chi connectivity index (χ0v) is 18.5. The van der Waals surface area contributed by atoms with E-state index in [9.17, 15) is 4.39 Å². The monoisotopic (exact) mass is 396 g/mol. The quantitative estimate of drug-likeness (QED) is 0.212. The van der Waals surface area contributed by atoms with Crippen molar-refractivity contribution in [1.82, 2.24) is 0 Å². The van der Waals surface area contributed by atoms with E-state index in [1.807, 2.05) is 12.1 Å². The lowest BCUT2D eigenvalue weighted by Crippen LogP contribution is -2.44. The molecule has 28 heavy (non-hydrogen) atoms. The van der Waals surface area contributed by atoms with Gasteiger partial charge < -0.3 is 14.2 Å². The average molecular weight is 397 g/mol. The van der Waals surface area contributed by atoms with Gasteiger partial charge in [-0.1, -0.05) is 70.4 Å². The molecule has 162 valence electrons. The lowest BCUT2D eigenvalue weighted by molar-refractivity contribution is -0.380. The van der Waals surface area contributed by atoms with Crippen LogP contribution >= 0.6 is 0 Å². The van der Waals surface area contributed by atoms with Crippen molar-refractivity contribution in [3.63, 3.8) is 0 Å². The van der Waals surface area contributed by atoms with Crippen LogP contribution in [-0.2, 0) is 20.6 Å². The lowest BCUT2D eigenvalue weighted by Gasteiger charge is -2.36. The Morgan fingerprint density at radius 3 is 1.79 bits per heavy atom. The Hall–Kier alpha value is -0.970. The zero-order valence-electron chi connectivity index (χ0n) is 18.5. The van der Waals surface area contributed by atoms with E-state index < -0.39 is 5.97 Å². The number of hydrogen-bond acceptors (Lipinski definition) is 3. The highest BCUT2D eigenvalue weighted by Gasteiger charge is 2.39. The van der Waals surface area contributed by atoms with Crippen molar-refractivity contribution in [3.8, 4) is 0 Å². The van der Waals surface area contributed by atoms with Crippen molar-refractivity contribution >= 4 is 0 Å². The van der Waals surface area contributed by atoms with E-state index in [1.54, 1.807) is 21.3 Å². The Balaban J connectivity index is 2.41. The highest BCUT2D eigenvalue weighted by molar-refractivity contribution is 5.15. The van der Waals surface area contributed by atoms with Gasteiger partial charge in [-0.05, 0) is 43.4 Å². The summed E-state index contributed by atoms with van der Waals surface area (Å²) in [5, 5.41) is 0. The highest BCUT2D eigenvalue weighted by Crippen LogP contribution is 2.33. The Bertz CT molecular complexity index is 477. The molecule has 1 aromatic rings. The van der Waals surface area contributed by atoms with Crippen molar-refractivity contribution in [2.75, 3.05) is 21.3 Å². The van der Waals surface area contributed by atoms with Crippen LogP contribution in [0.5, 0.6) is 0 Å². The van der Waals surface area contributed by atoms with E-state index in [0.29, 0.717) is 0 Å². The lowest BCUT2D eigenvalue weighted by atomic mass is 9.91. The van der Waals surface area contributed by atoms with Gasteiger partial charge in [-0.15, -0.1) is 0 Å². The van der Waals surface area contributed by atoms with Crippen LogP contribution in [0.4, 0.5) is 4.39 Å². The molecule has 0 aromatic heterocycles. The van der Waals surface area contributed by atoms with Gasteiger partial charge in [0, 0.05) is 27.2 Å². The molecule has 3 nitrogen and oxygen atoms in total. The molecule has 0 N–H and O–H groups in total. The first-order valence-corrected chi connectivity index (χ1v) is 11.0. The second-order valence-electron chi connectivity index (χ2n) is 7.70. The number of unbranched alkanes of at least 4 members (excludes halogenated alkanes) is 7. The number of ether oxygens (including phenoxy) is 3. The van der Waals surface area contributed by atoms with Gasteiger partial charge in [-0.3, -0.25) is 0 Å². The molecule has 0 saturated heterocycles. The Kier molecular flexibility index (Phi) is 13.4. The maximum absolute atomic E-state index is 13.0. The van der Waals surface area contributed by atoms with Crippen LogP contribution in [0, 0.1) is 11.7 Å². The molecular weight excluding hydrogens is 355 g/mol. The predicted octanol–water partition coefficient (Wildman–Crippen LogP) is 6.89. The van der Waals surface area contributed by atoms with Crippen LogP contribution < -0.4 is 0 Å². The van der Waals surface area contributed by atoms with Crippen LogP contribution in [0.25, 0.3) is 0 Å². The molecule has 0 aliphatic carbocycles. The van der Waals surface area contributed by atoms with Crippen molar-refractivity contribution in [2.24, 2.45) is 5.92 Å². The molecule has 0 heterocycles. The fourth-order valence-corrected chi connectivity index (χ4v) is 3.97. The van der Waals surface area contributed by atoms with E-state index in [-0.39, 0.29) is 11.7 Å². The van der Waals surface area contributed by atoms with Gasteiger partial charge in [0.25, 0.3) is 5.97 Å². The highest BCUT2D eigenvalue weighted by atomic mass is 19.1. The Morgan fingerprint density at radius 2 is 1.25 bits per heavy atom. The van der Waals surface area contributed by atoms with Crippen LogP contribution in [0.3, 0.4) is 0 Å². The number of rotatable bonds is 17. The number of benzene rings is 1. The third-order valence-corrected chi connectivity index (χ3v) is 5.69. The minimum atomic E-state index is -0.944. The van der Waals surface area contributed by atoms with Crippen molar-refractivity contribution in [3.05, 3.63) is 35.6 Å². The first-order valence-electron chi connectivity index (χ1n) is 11.0. The van der Waals surface area contributed by atoms with Crippen LogP contribution in [0.2, 0.25) is 0 Å². The molecule has 0 spiro atoms. The zero-order chi connectivity index (χ0) is 20.7. The maximum atomic E-state index is 13.0. The number of methoxy groups -OCH3 is 3. The van der Waals surface area contributed by atoms with Gasteiger partial charge in [-0.25, -0.2) is 4.39 Å². The summed E-state index contributed by atoms with van der Waals surface area (Å²) < 4.78 is 29.9. The third-order valence-electron chi connectivity index (χ3n) is 5.69. The summed E-state index contributed by atoms with van der Waals surface area (Å²) >= 11 is 0. The summed E-state index contributed by atoms with van der Waals surface area (Å²) in [4.78, 5) is 0. The number of halogens is 1. The van der Waals surface area contributed by atoms with Crippen molar-refractivity contribution < 1.29 is 18.6 Å². The van der Waals surface area contributed by atoms with Gasteiger partial charge in [0.05, 0.1) is 0 Å². The molecule has 4 heteroatoms. The summed E-state index contributed by atoms with van der Waals surface area (Å²) in [7, 11) is 4.99. The van der Waals surface area contributed by atoms with E-state index in [2.05, 4.69) is 6.92 Å². The summed E-state index contributed by atoms with van der Waals surface area (Å²) in [5.74, 6) is -0.888. The summed E-state index contributed by atoms with van der Waals surface area (Å²) in [5.41, 5.74) is 1.20. The Labute approximate surface area is 172 Å². The smallest absolute Gasteiger partial charge is 0.285 e. The molecule has 0 aliphatic rings. The SMILES string of the molecule is CCCCCCCCC(CCCCCc1ccc(F)cc1)C(OC)(OC)OC. The Morgan fingerprint density at radius 1 is 0.750 bits per heavy atom. The molecular formula is C24H41FO3. The van der Waals surface area contributed by atoms with Gasteiger partial charge in [0.1, 0.15) is 5.82 Å². The summed E-state index contributed by atoms with van der Waals surface area (Å²) in [6.45, 7) is 2.25. The molecule has 1 unspecified atom stereocenters. The molecule has 1 atom stereocenters. The fraction of sp³-hybridized carbons (Fsp3) is 0.750. The number of aryl methyl sites for hydroxylation is 1. The van der Waals surface area contributed by atoms with Gasteiger partial charge in [0.15, 0.2) is 0 Å². The van der Waals surface area contributed by atoms with Crippen LogP contribution in [0.1, 0.15) is 83.1 Å². The summed E-state index contributed by atoms with van der Waals surface area (Å²) in [6.07, 6.45) is 14.1. The molecule has 0 radical (unpaired) electrons. The molecule has 1 aromatic carbocycles. The van der Waals surface area contributed by atoms with E-state index in [4.69, 9.17) is 14.2 Å². The third kappa shape index (κ3) is 9.02.